The summed E-state index contributed by atoms with van der Waals surface area (Å²) in [4.78, 5) is 17.3. The molecule has 28 heavy (non-hydrogen) atoms. The predicted molar refractivity (Wildman–Crippen MR) is 110 cm³/mol. The van der Waals surface area contributed by atoms with Crippen molar-refractivity contribution in [3.05, 3.63) is 100 Å². The number of benzene rings is 3. The van der Waals surface area contributed by atoms with Crippen LogP contribution in [-0.4, -0.2) is 5.91 Å². The molecule has 0 aliphatic rings. The fourth-order valence-electron chi connectivity index (χ4n) is 2.70. The molecule has 0 spiro atoms. The standard InChI is InChI=1S/C22H14BrFN2O2/c23-15-6-11-20-14(12-15)13-19(21(27)25-17-4-2-1-3-5-17)22(28-20)26-18-9-7-16(24)8-10-18/h1-13H,(H,25,27). The molecule has 0 aliphatic carbocycles. The molecular formula is C22H14BrFN2O2. The Morgan fingerprint density at radius 3 is 2.46 bits per heavy atom. The van der Waals surface area contributed by atoms with E-state index in [1.165, 1.54) is 24.3 Å². The van der Waals surface area contributed by atoms with Gasteiger partial charge in [0, 0.05) is 15.5 Å². The van der Waals surface area contributed by atoms with Crippen molar-refractivity contribution in [3.8, 4) is 0 Å². The molecule has 1 amide bonds. The van der Waals surface area contributed by atoms with Crippen LogP contribution in [0.2, 0.25) is 0 Å². The van der Waals surface area contributed by atoms with E-state index in [1.807, 2.05) is 30.3 Å². The molecule has 0 aliphatic heterocycles. The van der Waals surface area contributed by atoms with Crippen LogP contribution in [0.1, 0.15) is 10.4 Å². The Balaban J connectivity index is 1.86. The fourth-order valence-corrected chi connectivity index (χ4v) is 3.08. The molecule has 4 nitrogen and oxygen atoms in total. The van der Waals surface area contributed by atoms with Crippen molar-refractivity contribution in [2.45, 2.75) is 0 Å². The van der Waals surface area contributed by atoms with Gasteiger partial charge in [0.15, 0.2) is 0 Å². The fraction of sp³-hybridized carbons (Fsp3) is 0. The summed E-state index contributed by atoms with van der Waals surface area (Å²) in [6.07, 6.45) is 0. The summed E-state index contributed by atoms with van der Waals surface area (Å²) >= 11 is 3.43. The summed E-state index contributed by atoms with van der Waals surface area (Å²) < 4.78 is 20.0. The minimum absolute atomic E-state index is 0.148. The van der Waals surface area contributed by atoms with E-state index in [9.17, 15) is 9.18 Å². The first kappa shape index (κ1) is 18.1. The smallest absolute Gasteiger partial charge is 0.261 e. The first-order chi connectivity index (χ1) is 13.6. The highest BCUT2D eigenvalue weighted by atomic mass is 79.9. The van der Waals surface area contributed by atoms with Crippen molar-refractivity contribution in [1.29, 1.82) is 0 Å². The Labute approximate surface area is 168 Å². The van der Waals surface area contributed by atoms with Crippen LogP contribution in [-0.2, 0) is 0 Å². The molecule has 4 rings (SSSR count). The summed E-state index contributed by atoms with van der Waals surface area (Å²) in [7, 11) is 0. The van der Waals surface area contributed by atoms with Gasteiger partial charge in [-0.15, -0.1) is 0 Å². The second-order valence-electron chi connectivity index (χ2n) is 6.06. The Bertz CT molecular complexity index is 1220. The molecule has 1 N–H and O–H groups in total. The zero-order valence-electron chi connectivity index (χ0n) is 14.5. The Hall–Kier alpha value is -3.25. The lowest BCUT2D eigenvalue weighted by Gasteiger charge is -2.07. The van der Waals surface area contributed by atoms with Gasteiger partial charge in [0.1, 0.15) is 17.0 Å². The highest BCUT2D eigenvalue weighted by Gasteiger charge is 2.13. The lowest BCUT2D eigenvalue weighted by atomic mass is 10.1. The van der Waals surface area contributed by atoms with E-state index < -0.39 is 0 Å². The highest BCUT2D eigenvalue weighted by Crippen LogP contribution is 2.21. The highest BCUT2D eigenvalue weighted by molar-refractivity contribution is 9.10. The molecule has 0 atom stereocenters. The quantitative estimate of drug-likeness (QED) is 0.439. The Morgan fingerprint density at radius 2 is 1.71 bits per heavy atom. The molecular weight excluding hydrogens is 423 g/mol. The van der Waals surface area contributed by atoms with Crippen LogP contribution in [0, 0.1) is 5.82 Å². The maximum absolute atomic E-state index is 13.2. The van der Waals surface area contributed by atoms with E-state index in [1.54, 1.807) is 24.3 Å². The van der Waals surface area contributed by atoms with Crippen molar-refractivity contribution < 1.29 is 13.6 Å². The molecule has 1 heterocycles. The lowest BCUT2D eigenvalue weighted by Crippen LogP contribution is -2.21. The van der Waals surface area contributed by atoms with Crippen LogP contribution >= 0.6 is 15.9 Å². The first-order valence-corrected chi connectivity index (χ1v) is 9.28. The topological polar surface area (TPSA) is 54.6 Å². The molecule has 0 radical (unpaired) electrons. The number of nitrogens with zero attached hydrogens (tertiary/aromatic N) is 1. The number of hydrogen-bond acceptors (Lipinski definition) is 3. The maximum atomic E-state index is 13.2. The van der Waals surface area contributed by atoms with Crippen molar-refractivity contribution in [1.82, 2.24) is 0 Å². The number of anilines is 1. The van der Waals surface area contributed by atoms with Crippen LogP contribution in [0.5, 0.6) is 0 Å². The molecule has 4 aromatic rings. The van der Waals surface area contributed by atoms with Gasteiger partial charge in [-0.05, 0) is 60.7 Å². The molecule has 0 bridgehead atoms. The van der Waals surface area contributed by atoms with Crippen molar-refractivity contribution in [2.24, 2.45) is 4.99 Å². The molecule has 138 valence electrons. The van der Waals surface area contributed by atoms with Gasteiger partial charge in [0.05, 0.1) is 5.69 Å². The number of rotatable bonds is 3. The second kappa shape index (κ2) is 7.78. The van der Waals surface area contributed by atoms with E-state index in [4.69, 9.17) is 4.42 Å². The molecule has 1 aromatic heterocycles. The lowest BCUT2D eigenvalue weighted by molar-refractivity contribution is 0.102. The molecule has 0 saturated carbocycles. The predicted octanol–water partition coefficient (Wildman–Crippen LogP) is 5.82. The Morgan fingerprint density at radius 1 is 0.964 bits per heavy atom. The minimum Gasteiger partial charge on any atom is -0.438 e. The van der Waals surface area contributed by atoms with Crippen LogP contribution in [0.3, 0.4) is 0 Å². The summed E-state index contributed by atoms with van der Waals surface area (Å²) in [5.74, 6) is -0.709. The van der Waals surface area contributed by atoms with E-state index >= 15 is 0 Å². The first-order valence-electron chi connectivity index (χ1n) is 8.48. The van der Waals surface area contributed by atoms with Gasteiger partial charge in [-0.1, -0.05) is 34.1 Å². The average Bonchev–Trinajstić information content (AvgIpc) is 2.70. The van der Waals surface area contributed by atoms with Gasteiger partial charge in [-0.2, -0.15) is 0 Å². The maximum Gasteiger partial charge on any atom is 0.261 e. The van der Waals surface area contributed by atoms with Gasteiger partial charge in [-0.3, -0.25) is 4.79 Å². The van der Waals surface area contributed by atoms with Crippen LogP contribution in [0.15, 0.2) is 92.7 Å². The third kappa shape index (κ3) is 4.02. The normalized spacial score (nSPS) is 11.6. The number of carbonyl (C=O) groups is 1. The van der Waals surface area contributed by atoms with Gasteiger partial charge in [0.25, 0.3) is 5.91 Å². The van der Waals surface area contributed by atoms with Crippen molar-refractivity contribution in [3.63, 3.8) is 0 Å². The number of para-hydroxylation sites is 1. The van der Waals surface area contributed by atoms with E-state index in [0.29, 0.717) is 17.0 Å². The number of hydrogen-bond donors (Lipinski definition) is 1. The second-order valence-corrected chi connectivity index (χ2v) is 6.97. The molecule has 0 saturated heterocycles. The van der Waals surface area contributed by atoms with Gasteiger partial charge < -0.3 is 9.73 Å². The number of halogens is 2. The Kier molecular flexibility index (Phi) is 5.04. The molecule has 3 aromatic carbocycles. The van der Waals surface area contributed by atoms with Crippen molar-refractivity contribution >= 4 is 44.2 Å². The summed E-state index contributed by atoms with van der Waals surface area (Å²) in [5.41, 5.74) is 2.15. The molecule has 6 heteroatoms. The van der Waals surface area contributed by atoms with E-state index in [-0.39, 0.29) is 22.8 Å². The van der Waals surface area contributed by atoms with Crippen molar-refractivity contribution in [2.75, 3.05) is 5.32 Å². The molecule has 0 fully saturated rings. The largest absolute Gasteiger partial charge is 0.438 e. The summed E-state index contributed by atoms with van der Waals surface area (Å²) in [6, 6.07) is 22.0. The average molecular weight is 437 g/mol. The van der Waals surface area contributed by atoms with Crippen LogP contribution in [0.25, 0.3) is 11.0 Å². The number of nitrogens with one attached hydrogen (secondary N) is 1. The van der Waals surface area contributed by atoms with Gasteiger partial charge in [0.2, 0.25) is 5.55 Å². The number of carbonyl (C=O) groups excluding carboxylic acids is 1. The van der Waals surface area contributed by atoms with Crippen LogP contribution < -0.4 is 10.9 Å². The minimum atomic E-state index is -0.360. The van der Waals surface area contributed by atoms with Gasteiger partial charge in [-0.25, -0.2) is 9.38 Å². The third-order valence-electron chi connectivity index (χ3n) is 4.04. The van der Waals surface area contributed by atoms with Crippen LogP contribution in [0.4, 0.5) is 15.8 Å². The zero-order valence-corrected chi connectivity index (χ0v) is 16.1. The SMILES string of the molecule is O=C(Nc1ccccc1)c1cc2cc(Br)ccc2oc1=Nc1ccc(F)cc1. The monoisotopic (exact) mass is 436 g/mol. The summed E-state index contributed by atoms with van der Waals surface area (Å²) in [5, 5.41) is 3.60. The zero-order chi connectivity index (χ0) is 19.5. The van der Waals surface area contributed by atoms with Gasteiger partial charge >= 0.3 is 0 Å². The molecule has 0 unspecified atom stereocenters. The van der Waals surface area contributed by atoms with E-state index in [0.717, 1.165) is 9.86 Å². The number of amides is 1. The number of fused-ring (bicyclic) bond motifs is 1. The van der Waals surface area contributed by atoms with E-state index in [2.05, 4.69) is 26.2 Å². The summed E-state index contributed by atoms with van der Waals surface area (Å²) in [6.45, 7) is 0. The third-order valence-corrected chi connectivity index (χ3v) is 4.54.